The molecule has 0 bridgehead atoms. The molecule has 0 radical (unpaired) electrons. The van der Waals surface area contributed by atoms with Crippen LogP contribution < -0.4 is 10.0 Å². The average molecular weight is 356 g/mol. The van der Waals surface area contributed by atoms with Gasteiger partial charge in [-0.25, -0.2) is 18.2 Å². The van der Waals surface area contributed by atoms with E-state index < -0.39 is 10.0 Å². The van der Waals surface area contributed by atoms with Crippen LogP contribution >= 0.6 is 0 Å². The van der Waals surface area contributed by atoms with E-state index in [1.54, 1.807) is 6.07 Å². The molecule has 8 nitrogen and oxygen atoms in total. The van der Waals surface area contributed by atoms with E-state index >= 15 is 0 Å². The van der Waals surface area contributed by atoms with E-state index in [1.165, 1.54) is 29.6 Å². The van der Waals surface area contributed by atoms with E-state index in [2.05, 4.69) is 42.3 Å². The largest absolute Gasteiger partial charge is 0.346 e. The van der Waals surface area contributed by atoms with Gasteiger partial charge in [0.05, 0.1) is 6.04 Å². The molecule has 0 aliphatic heterocycles. The Labute approximate surface area is 144 Å². The summed E-state index contributed by atoms with van der Waals surface area (Å²) in [7, 11) is -3.75. The summed E-state index contributed by atoms with van der Waals surface area (Å²) >= 11 is 0. The third-order valence-electron chi connectivity index (χ3n) is 4.10. The van der Waals surface area contributed by atoms with Crippen molar-refractivity contribution in [1.29, 1.82) is 0 Å². The molecule has 128 valence electrons. The Hall–Kier alpha value is -2.94. The van der Waals surface area contributed by atoms with Gasteiger partial charge < -0.3 is 5.32 Å². The highest BCUT2D eigenvalue weighted by Crippen LogP contribution is 2.32. The molecule has 0 amide bonds. The van der Waals surface area contributed by atoms with Crippen molar-refractivity contribution in [2.45, 2.75) is 23.8 Å². The number of pyridine rings is 1. The minimum atomic E-state index is -3.75. The molecule has 1 atom stereocenters. The van der Waals surface area contributed by atoms with E-state index in [0.717, 1.165) is 12.8 Å². The number of hydrogen-bond donors (Lipinski definition) is 3. The molecule has 1 aliphatic rings. The minimum absolute atomic E-state index is 0.0534. The van der Waals surface area contributed by atoms with E-state index in [-0.39, 0.29) is 16.9 Å². The highest BCUT2D eigenvalue weighted by Gasteiger charge is 2.23. The average Bonchev–Trinajstić information content (AvgIpc) is 3.23. The quantitative estimate of drug-likeness (QED) is 0.645. The van der Waals surface area contributed by atoms with Crippen LogP contribution in [-0.4, -0.2) is 28.6 Å². The Balaban J connectivity index is 1.48. The van der Waals surface area contributed by atoms with Gasteiger partial charge >= 0.3 is 0 Å². The normalized spacial score (nSPS) is 16.4. The number of aromatic amines is 1. The minimum Gasteiger partial charge on any atom is -0.346 e. The van der Waals surface area contributed by atoms with Crippen molar-refractivity contribution in [2.24, 2.45) is 0 Å². The second kappa shape index (κ2) is 6.17. The first-order valence-corrected chi connectivity index (χ1v) is 9.30. The van der Waals surface area contributed by atoms with Gasteiger partial charge in [-0.1, -0.05) is 24.3 Å². The molecule has 2 aromatic heterocycles. The maximum atomic E-state index is 12.3. The van der Waals surface area contributed by atoms with Crippen LogP contribution in [0.2, 0.25) is 0 Å². The molecule has 0 spiro atoms. The summed E-state index contributed by atoms with van der Waals surface area (Å²) in [6.45, 7) is 0. The molecule has 1 aromatic carbocycles. The lowest BCUT2D eigenvalue weighted by Gasteiger charge is -2.11. The number of benzene rings is 1. The number of fused-ring (bicyclic) bond motifs is 1. The van der Waals surface area contributed by atoms with Gasteiger partial charge in [0.1, 0.15) is 4.90 Å². The van der Waals surface area contributed by atoms with Gasteiger partial charge in [0, 0.05) is 12.4 Å². The second-order valence-electron chi connectivity index (χ2n) is 5.74. The molecule has 1 aliphatic carbocycles. The lowest BCUT2D eigenvalue weighted by molar-refractivity contribution is 0.600. The number of nitrogens with one attached hydrogen (secondary N) is 3. The third-order valence-corrected chi connectivity index (χ3v) is 5.42. The van der Waals surface area contributed by atoms with Crippen molar-refractivity contribution in [3.8, 4) is 0 Å². The number of nitrogens with zero attached hydrogens (tertiary/aromatic N) is 3. The number of sulfonamides is 1. The first-order valence-electron chi connectivity index (χ1n) is 7.81. The predicted octanol–water partition coefficient (Wildman–Crippen LogP) is 2.10. The smallest absolute Gasteiger partial charge is 0.265 e. The van der Waals surface area contributed by atoms with Crippen molar-refractivity contribution in [2.75, 3.05) is 10.0 Å². The number of hydrogen-bond acceptors (Lipinski definition) is 6. The summed E-state index contributed by atoms with van der Waals surface area (Å²) in [6.07, 6.45) is 4.73. The van der Waals surface area contributed by atoms with Crippen LogP contribution in [-0.2, 0) is 16.4 Å². The van der Waals surface area contributed by atoms with Gasteiger partial charge in [-0.15, -0.1) is 5.10 Å². The van der Waals surface area contributed by atoms with Crippen LogP contribution in [0.5, 0.6) is 0 Å². The summed E-state index contributed by atoms with van der Waals surface area (Å²) in [5.74, 6) is 0.406. The molecule has 25 heavy (non-hydrogen) atoms. The number of anilines is 2. The second-order valence-corrected chi connectivity index (χ2v) is 7.42. The zero-order valence-corrected chi connectivity index (χ0v) is 14.0. The first kappa shape index (κ1) is 15.6. The molecular weight excluding hydrogens is 340 g/mol. The fourth-order valence-electron chi connectivity index (χ4n) is 2.93. The van der Waals surface area contributed by atoms with E-state index in [0.29, 0.717) is 5.95 Å². The van der Waals surface area contributed by atoms with Crippen molar-refractivity contribution in [1.82, 2.24) is 20.2 Å². The summed E-state index contributed by atoms with van der Waals surface area (Å²) in [4.78, 5) is 8.04. The highest BCUT2D eigenvalue weighted by atomic mass is 32.2. The fraction of sp³-hybridized carbons (Fsp3) is 0.188. The maximum absolute atomic E-state index is 12.3. The van der Waals surface area contributed by atoms with Gasteiger partial charge in [0.25, 0.3) is 10.0 Å². The summed E-state index contributed by atoms with van der Waals surface area (Å²) in [6, 6.07) is 11.4. The molecule has 2 heterocycles. The lowest BCUT2D eigenvalue weighted by atomic mass is 10.1. The molecule has 9 heteroatoms. The van der Waals surface area contributed by atoms with Crippen LogP contribution in [0, 0.1) is 0 Å². The van der Waals surface area contributed by atoms with E-state index in [1.807, 2.05) is 12.1 Å². The molecule has 0 fully saturated rings. The Morgan fingerprint density at radius 1 is 1.16 bits per heavy atom. The Morgan fingerprint density at radius 2 is 2.04 bits per heavy atom. The van der Waals surface area contributed by atoms with Gasteiger partial charge in [0.2, 0.25) is 11.9 Å². The van der Waals surface area contributed by atoms with Gasteiger partial charge in [-0.2, -0.15) is 4.98 Å². The third kappa shape index (κ3) is 3.18. The zero-order chi connectivity index (χ0) is 17.3. The van der Waals surface area contributed by atoms with Crippen molar-refractivity contribution >= 4 is 21.9 Å². The Bertz CT molecular complexity index is 987. The Morgan fingerprint density at radius 3 is 2.88 bits per heavy atom. The summed E-state index contributed by atoms with van der Waals surface area (Å²) < 4.78 is 26.9. The Kier molecular flexibility index (Phi) is 3.85. The van der Waals surface area contributed by atoms with Crippen LogP contribution in [0.4, 0.5) is 11.9 Å². The van der Waals surface area contributed by atoms with Crippen LogP contribution in [0.3, 0.4) is 0 Å². The van der Waals surface area contributed by atoms with Crippen LogP contribution in [0.25, 0.3) is 0 Å². The highest BCUT2D eigenvalue weighted by molar-refractivity contribution is 7.92. The maximum Gasteiger partial charge on any atom is 0.265 e. The van der Waals surface area contributed by atoms with Crippen molar-refractivity contribution < 1.29 is 8.42 Å². The number of aromatic nitrogens is 4. The lowest BCUT2D eigenvalue weighted by Crippen LogP contribution is -2.14. The zero-order valence-electron chi connectivity index (χ0n) is 13.2. The van der Waals surface area contributed by atoms with Gasteiger partial charge in [0.15, 0.2) is 0 Å². The molecule has 4 rings (SSSR count). The monoisotopic (exact) mass is 356 g/mol. The number of rotatable bonds is 5. The van der Waals surface area contributed by atoms with Gasteiger partial charge in [-0.05, 0) is 36.1 Å². The van der Waals surface area contributed by atoms with Crippen LogP contribution in [0.15, 0.2) is 53.7 Å². The van der Waals surface area contributed by atoms with Crippen molar-refractivity contribution in [3.63, 3.8) is 0 Å². The summed E-state index contributed by atoms with van der Waals surface area (Å²) in [5, 5.41) is 9.88. The van der Waals surface area contributed by atoms with Crippen molar-refractivity contribution in [3.05, 3.63) is 59.9 Å². The molecule has 0 saturated heterocycles. The van der Waals surface area contributed by atoms with Crippen LogP contribution in [0.1, 0.15) is 23.6 Å². The molecule has 0 saturated carbocycles. The van der Waals surface area contributed by atoms with Gasteiger partial charge in [-0.3, -0.25) is 4.98 Å². The topological polar surface area (TPSA) is 113 Å². The molecule has 1 unspecified atom stereocenters. The summed E-state index contributed by atoms with van der Waals surface area (Å²) in [5.41, 5.74) is 2.54. The molecule has 3 aromatic rings. The molecule has 3 N–H and O–H groups in total. The van der Waals surface area contributed by atoms with E-state index in [4.69, 9.17) is 0 Å². The SMILES string of the molecule is O=S(=O)(Nc1nc(NC2CCc3ccccc32)n[nH]1)c1cccnc1. The standard InChI is InChI=1S/C16H16N6O2S/c23-25(24,12-5-3-9-17-10-12)22-16-19-15(20-21-16)18-14-8-7-11-4-1-2-6-13(11)14/h1-6,9-10,14H,7-8H2,(H3,18,19,20,21,22). The first-order chi connectivity index (χ1) is 12.1. The van der Waals surface area contributed by atoms with E-state index in [9.17, 15) is 8.42 Å². The number of H-pyrrole nitrogens is 1. The fourth-order valence-corrected chi connectivity index (χ4v) is 3.85. The predicted molar refractivity (Wildman–Crippen MR) is 92.6 cm³/mol. The molecular formula is C16H16N6O2S. The number of aryl methyl sites for hydroxylation is 1.